The van der Waals surface area contributed by atoms with Crippen LogP contribution in [0.25, 0.3) is 56.8 Å². The van der Waals surface area contributed by atoms with Crippen molar-refractivity contribution in [3.05, 3.63) is 120 Å². The van der Waals surface area contributed by atoms with Crippen molar-refractivity contribution in [2.24, 2.45) is 0 Å². The Labute approximate surface area is 256 Å². The standard InChI is InChI=1S/C38H31N3Te/c1-23(2)31-20-27(26-11-6-5-7-12-26)21-32(24(3)4)36(31)41-34-16-9-8-15-33(34)40-38(41)30-14-10-13-29-28-18-17-25(22-39)19-35(28)42-37(29)30/h5-21,23-24H,1-4H3. The maximum absolute atomic E-state index is 9.55. The molecule has 0 aliphatic heterocycles. The number of imidazole rings is 1. The van der Waals surface area contributed by atoms with Gasteiger partial charge in [-0.3, -0.25) is 0 Å². The van der Waals surface area contributed by atoms with Gasteiger partial charge in [0.15, 0.2) is 0 Å². The van der Waals surface area contributed by atoms with Gasteiger partial charge in [0.05, 0.1) is 0 Å². The fourth-order valence-corrected chi connectivity index (χ4v) is 9.66. The molecule has 7 rings (SSSR count). The molecule has 0 spiro atoms. The van der Waals surface area contributed by atoms with Gasteiger partial charge in [-0.05, 0) is 0 Å². The zero-order valence-electron chi connectivity index (χ0n) is 24.2. The SMILES string of the molecule is CC(C)c1cc(-c2ccccc2)cc(C(C)C)c1-n1c(-c2cccc3c2[te]c2cc(C#N)ccc23)nc2ccccc21. The van der Waals surface area contributed by atoms with E-state index in [0.717, 1.165) is 22.4 Å². The molecule has 204 valence electrons. The number of hydrogen-bond acceptors (Lipinski definition) is 2. The van der Waals surface area contributed by atoms with Crippen LogP contribution >= 0.6 is 0 Å². The zero-order valence-corrected chi connectivity index (χ0v) is 26.5. The van der Waals surface area contributed by atoms with Gasteiger partial charge in [-0.25, -0.2) is 0 Å². The molecule has 2 heterocycles. The molecule has 0 bridgehead atoms. The van der Waals surface area contributed by atoms with E-state index in [1.54, 1.807) is 0 Å². The van der Waals surface area contributed by atoms with E-state index in [0.29, 0.717) is 11.8 Å². The van der Waals surface area contributed by atoms with Gasteiger partial charge >= 0.3 is 257 Å². The van der Waals surface area contributed by atoms with Gasteiger partial charge in [-0.1, -0.05) is 0 Å². The molecule has 42 heavy (non-hydrogen) atoms. The maximum atomic E-state index is 9.55. The van der Waals surface area contributed by atoms with Crippen LogP contribution in [0, 0.1) is 11.3 Å². The summed E-state index contributed by atoms with van der Waals surface area (Å²) in [6, 6.07) is 39.2. The number of hydrogen-bond donors (Lipinski definition) is 0. The molecule has 0 N–H and O–H groups in total. The average molecular weight is 657 g/mol. The Hall–Kier alpha value is -4.15. The fourth-order valence-electron chi connectivity index (χ4n) is 6.09. The molecule has 2 aromatic heterocycles. The first-order valence-corrected chi connectivity index (χ1v) is 16.8. The van der Waals surface area contributed by atoms with Gasteiger partial charge in [0.1, 0.15) is 0 Å². The second kappa shape index (κ2) is 10.6. The summed E-state index contributed by atoms with van der Waals surface area (Å²) >= 11 is -0.691. The summed E-state index contributed by atoms with van der Waals surface area (Å²) in [5.41, 5.74) is 10.5. The molecule has 5 aromatic carbocycles. The van der Waals surface area contributed by atoms with Crippen molar-refractivity contribution in [3.63, 3.8) is 0 Å². The van der Waals surface area contributed by atoms with E-state index in [1.165, 1.54) is 51.1 Å². The summed E-state index contributed by atoms with van der Waals surface area (Å²) in [6.07, 6.45) is 0. The minimum absolute atomic E-state index is 0.319. The Morgan fingerprint density at radius 1 is 0.714 bits per heavy atom. The third-order valence-electron chi connectivity index (χ3n) is 8.17. The van der Waals surface area contributed by atoms with E-state index in [-0.39, 0.29) is 0 Å². The van der Waals surface area contributed by atoms with E-state index in [4.69, 9.17) is 4.98 Å². The Kier molecular flexibility index (Phi) is 6.74. The topological polar surface area (TPSA) is 41.6 Å². The van der Waals surface area contributed by atoms with Crippen molar-refractivity contribution in [3.8, 4) is 34.3 Å². The van der Waals surface area contributed by atoms with Gasteiger partial charge < -0.3 is 0 Å². The van der Waals surface area contributed by atoms with Crippen LogP contribution in [0.2, 0.25) is 0 Å². The van der Waals surface area contributed by atoms with E-state index >= 15 is 0 Å². The van der Waals surface area contributed by atoms with E-state index < -0.39 is 20.4 Å². The van der Waals surface area contributed by atoms with Crippen LogP contribution in [0.4, 0.5) is 0 Å². The molecule has 7 aromatic rings. The van der Waals surface area contributed by atoms with Gasteiger partial charge in [-0.15, -0.1) is 0 Å². The van der Waals surface area contributed by atoms with E-state index in [1.807, 2.05) is 6.07 Å². The molecule has 0 unspecified atom stereocenters. The second-order valence-electron chi connectivity index (χ2n) is 11.5. The van der Waals surface area contributed by atoms with Gasteiger partial charge in [0, 0.05) is 0 Å². The number of rotatable bonds is 5. The van der Waals surface area contributed by atoms with Crippen LogP contribution in [0.15, 0.2) is 103 Å². The van der Waals surface area contributed by atoms with Crippen LogP contribution in [0.5, 0.6) is 0 Å². The van der Waals surface area contributed by atoms with Crippen molar-refractivity contribution in [2.45, 2.75) is 39.5 Å². The Balaban J connectivity index is 1.58. The quantitative estimate of drug-likeness (QED) is 0.173. The predicted octanol–water partition coefficient (Wildman–Crippen LogP) is 9.84. The van der Waals surface area contributed by atoms with Crippen LogP contribution < -0.4 is 0 Å². The summed E-state index contributed by atoms with van der Waals surface area (Å²) in [5, 5.41) is 12.1. The van der Waals surface area contributed by atoms with Gasteiger partial charge in [-0.2, -0.15) is 0 Å². The first-order chi connectivity index (χ1) is 20.4. The second-order valence-corrected chi connectivity index (χ2v) is 14.5. The van der Waals surface area contributed by atoms with Crippen molar-refractivity contribution in [1.82, 2.24) is 9.55 Å². The Bertz CT molecular complexity index is 2130. The van der Waals surface area contributed by atoms with Crippen molar-refractivity contribution >= 4 is 49.0 Å². The van der Waals surface area contributed by atoms with Gasteiger partial charge in [0.25, 0.3) is 0 Å². The molecule has 0 saturated heterocycles. The Morgan fingerprint density at radius 2 is 1.43 bits per heavy atom. The molecule has 0 saturated carbocycles. The zero-order chi connectivity index (χ0) is 29.0. The van der Waals surface area contributed by atoms with Crippen LogP contribution in [0.3, 0.4) is 0 Å². The predicted molar refractivity (Wildman–Crippen MR) is 177 cm³/mol. The summed E-state index contributed by atoms with van der Waals surface area (Å²) in [7, 11) is 0. The summed E-state index contributed by atoms with van der Waals surface area (Å²) < 4.78 is 5.19. The molecule has 3 nitrogen and oxygen atoms in total. The summed E-state index contributed by atoms with van der Waals surface area (Å²) in [5.74, 6) is 1.64. The number of para-hydroxylation sites is 2. The monoisotopic (exact) mass is 659 g/mol. The summed E-state index contributed by atoms with van der Waals surface area (Å²) in [6.45, 7) is 9.19. The molecular formula is C38H31N3Te. The number of benzene rings is 5. The van der Waals surface area contributed by atoms with Crippen LogP contribution in [-0.2, 0) is 0 Å². The average Bonchev–Trinajstić information content (AvgIpc) is 3.58. The van der Waals surface area contributed by atoms with Gasteiger partial charge in [0.2, 0.25) is 0 Å². The van der Waals surface area contributed by atoms with Crippen molar-refractivity contribution in [1.29, 1.82) is 5.26 Å². The number of aromatic nitrogens is 2. The van der Waals surface area contributed by atoms with Crippen molar-refractivity contribution in [2.75, 3.05) is 0 Å². The molecule has 0 radical (unpaired) electrons. The molecular weight excluding hydrogens is 626 g/mol. The fraction of sp³-hybridized carbons (Fsp3) is 0.158. The number of fused-ring (bicyclic) bond motifs is 4. The Morgan fingerprint density at radius 3 is 2.14 bits per heavy atom. The third-order valence-corrected chi connectivity index (χ3v) is 11.6. The normalized spacial score (nSPS) is 11.7. The molecule has 0 fully saturated rings. The molecule has 0 aliphatic carbocycles. The first kappa shape index (κ1) is 26.7. The van der Waals surface area contributed by atoms with Crippen LogP contribution in [-0.4, -0.2) is 30.0 Å². The number of nitrogens with zero attached hydrogens (tertiary/aromatic N) is 3. The van der Waals surface area contributed by atoms with E-state index in [2.05, 4.69) is 135 Å². The van der Waals surface area contributed by atoms with Crippen molar-refractivity contribution < 1.29 is 0 Å². The molecule has 0 aliphatic rings. The first-order valence-electron chi connectivity index (χ1n) is 14.5. The molecule has 0 atom stereocenters. The van der Waals surface area contributed by atoms with Crippen LogP contribution in [0.1, 0.15) is 56.2 Å². The van der Waals surface area contributed by atoms with E-state index in [9.17, 15) is 5.26 Å². The number of nitriles is 1. The molecule has 0 amide bonds. The third kappa shape index (κ3) is 4.37. The summed E-state index contributed by atoms with van der Waals surface area (Å²) in [4.78, 5) is 5.35. The minimum atomic E-state index is -0.691. The molecule has 4 heteroatoms.